The molecule has 9 heteroatoms. The lowest BCUT2D eigenvalue weighted by Crippen LogP contribution is -2.42. The van der Waals surface area contributed by atoms with Crippen LogP contribution >= 0.6 is 0 Å². The predicted molar refractivity (Wildman–Crippen MR) is 27.9 cm³/mol. The van der Waals surface area contributed by atoms with E-state index < -0.39 is 19.4 Å². The van der Waals surface area contributed by atoms with Gasteiger partial charge in [-0.25, -0.2) is 4.81 Å². The minimum Gasteiger partial charge on any atom is -0.400 e. The molecule has 72 valence electrons. The number of alkyl halides is 4. The molecule has 0 heterocycles. The molecule has 0 fully saturated rings. The van der Waals surface area contributed by atoms with Gasteiger partial charge in [-0.2, -0.15) is 22.4 Å². The molecule has 0 aliphatic heterocycles. The number of hydrogen-bond donors (Lipinski definition) is 2. The Bertz CT molecular complexity index is 146. The van der Waals surface area contributed by atoms with Gasteiger partial charge in [-0.3, -0.25) is 0 Å². The molecule has 0 aliphatic rings. The van der Waals surface area contributed by atoms with Crippen LogP contribution < -0.4 is 0 Å². The van der Waals surface area contributed by atoms with E-state index in [2.05, 4.69) is 9.69 Å². The monoisotopic (exact) mass is 192 g/mol. The highest BCUT2D eigenvalue weighted by Gasteiger charge is 2.55. The Morgan fingerprint density at radius 2 is 1.58 bits per heavy atom. The van der Waals surface area contributed by atoms with Gasteiger partial charge in [-0.05, 0) is 0 Å². The second kappa shape index (κ2) is 3.56. The van der Waals surface area contributed by atoms with Gasteiger partial charge >= 0.3 is 19.4 Å². The third-order valence-electron chi connectivity index (χ3n) is 0.797. The van der Waals surface area contributed by atoms with E-state index in [1.807, 2.05) is 0 Å². The number of hydrogen-bond acceptors (Lipinski definition) is 4. The summed E-state index contributed by atoms with van der Waals surface area (Å²) in [5, 5.41) is 15.7. The summed E-state index contributed by atoms with van der Waals surface area (Å²) in [6.45, 7) is 0.0232. The van der Waals surface area contributed by atoms with E-state index in [4.69, 9.17) is 10.0 Å². The van der Waals surface area contributed by atoms with Crippen LogP contribution in [0.15, 0.2) is 0 Å². The number of rotatable bonds is 3. The van der Waals surface area contributed by atoms with Crippen molar-refractivity contribution in [2.45, 2.75) is 19.0 Å². The maximum atomic E-state index is 12.3. The van der Waals surface area contributed by atoms with Crippen molar-refractivity contribution < 1.29 is 37.3 Å². The predicted octanol–water partition coefficient (Wildman–Crippen LogP) is 0.152. The van der Waals surface area contributed by atoms with Gasteiger partial charge in [0.15, 0.2) is 0 Å². The first-order chi connectivity index (χ1) is 5.17. The zero-order valence-corrected chi connectivity index (χ0v) is 5.80. The molecule has 0 rings (SSSR count). The number of halogens is 4. The molecule has 0 saturated carbocycles. The highest BCUT2D eigenvalue weighted by Crippen LogP contribution is 2.34. The Morgan fingerprint density at radius 3 is 1.83 bits per heavy atom. The molecule has 0 aromatic rings. The van der Waals surface area contributed by atoms with E-state index >= 15 is 0 Å². The van der Waals surface area contributed by atoms with Crippen molar-refractivity contribution >= 4 is 7.32 Å². The summed E-state index contributed by atoms with van der Waals surface area (Å²) in [5.41, 5.74) is 0. The lowest BCUT2D eigenvalue weighted by Gasteiger charge is -2.21. The molecule has 12 heavy (non-hydrogen) atoms. The fourth-order valence-electron chi connectivity index (χ4n) is 0.181. The summed E-state index contributed by atoms with van der Waals surface area (Å²) >= 11 is 0. The summed E-state index contributed by atoms with van der Waals surface area (Å²) in [6, 6.07) is 0. The first kappa shape index (κ1) is 11.6. The Morgan fingerprint density at radius 1 is 1.17 bits per heavy atom. The zero-order chi connectivity index (χ0) is 9.99. The van der Waals surface area contributed by atoms with Crippen LogP contribution in [0.3, 0.4) is 0 Å². The van der Waals surface area contributed by atoms with Crippen molar-refractivity contribution in [1.82, 2.24) is 0 Å². The van der Waals surface area contributed by atoms with Crippen LogP contribution in [0.1, 0.15) is 6.92 Å². The SMILES string of the molecule is CC(F)(OOB(O)O)C(F)(F)F. The second-order valence-electron chi connectivity index (χ2n) is 1.92. The van der Waals surface area contributed by atoms with Crippen molar-refractivity contribution in [3.63, 3.8) is 0 Å². The van der Waals surface area contributed by atoms with Gasteiger partial charge in [-0.15, -0.1) is 0 Å². The lowest BCUT2D eigenvalue weighted by atomic mass is 10.3. The van der Waals surface area contributed by atoms with Crippen molar-refractivity contribution in [3.8, 4) is 0 Å². The minimum absolute atomic E-state index is 0.0232. The Hall–Kier alpha value is -0.375. The van der Waals surface area contributed by atoms with Crippen LogP contribution in [0.5, 0.6) is 0 Å². The van der Waals surface area contributed by atoms with Crippen molar-refractivity contribution in [2.75, 3.05) is 0 Å². The van der Waals surface area contributed by atoms with Crippen LogP contribution in [-0.4, -0.2) is 29.4 Å². The highest BCUT2D eigenvalue weighted by atomic mass is 19.4. The standard InChI is InChI=1S/C3H5BF4O4/c1-2(5,3(6,7)8)11-12-4(9)10/h9-10H,1H3. The van der Waals surface area contributed by atoms with Crippen molar-refractivity contribution in [1.29, 1.82) is 0 Å². The van der Waals surface area contributed by atoms with Crippen LogP contribution in [0.25, 0.3) is 0 Å². The first-order valence-corrected chi connectivity index (χ1v) is 2.63. The van der Waals surface area contributed by atoms with E-state index in [0.717, 1.165) is 0 Å². The topological polar surface area (TPSA) is 58.9 Å². The van der Waals surface area contributed by atoms with Gasteiger partial charge in [0.2, 0.25) is 0 Å². The molecule has 1 atom stereocenters. The molecule has 0 aromatic heterocycles. The third kappa shape index (κ3) is 3.35. The van der Waals surface area contributed by atoms with Crippen molar-refractivity contribution in [2.24, 2.45) is 0 Å². The van der Waals surface area contributed by atoms with Crippen LogP contribution in [0, 0.1) is 0 Å². The van der Waals surface area contributed by atoms with Gasteiger partial charge in [-0.1, -0.05) is 0 Å². The Kier molecular flexibility index (Phi) is 3.45. The second-order valence-corrected chi connectivity index (χ2v) is 1.92. The molecule has 4 nitrogen and oxygen atoms in total. The first-order valence-electron chi connectivity index (χ1n) is 2.63. The van der Waals surface area contributed by atoms with E-state index in [1.54, 1.807) is 0 Å². The van der Waals surface area contributed by atoms with E-state index in [-0.39, 0.29) is 6.92 Å². The van der Waals surface area contributed by atoms with E-state index in [0.29, 0.717) is 0 Å². The summed E-state index contributed by atoms with van der Waals surface area (Å²) in [4.78, 5) is 6.21. The van der Waals surface area contributed by atoms with Crippen LogP contribution in [0.4, 0.5) is 17.6 Å². The molecule has 0 spiro atoms. The molecule has 0 amide bonds. The molecule has 0 radical (unpaired) electrons. The summed E-state index contributed by atoms with van der Waals surface area (Å²) in [7, 11) is -2.62. The average Bonchev–Trinajstić information content (AvgIpc) is 1.81. The van der Waals surface area contributed by atoms with Gasteiger partial charge in [0.25, 0.3) is 0 Å². The molecular formula is C3H5BF4O4. The quantitative estimate of drug-likeness (QED) is 0.289. The highest BCUT2D eigenvalue weighted by molar-refractivity contribution is 6.32. The summed E-state index contributed by atoms with van der Waals surface area (Å²) < 4.78 is 46.9. The maximum absolute atomic E-state index is 12.3. The molecule has 0 bridgehead atoms. The smallest absolute Gasteiger partial charge is 0.400 e. The fraction of sp³-hybridized carbons (Fsp3) is 1.00. The molecule has 2 N–H and O–H groups in total. The molecule has 0 saturated heterocycles. The molecule has 0 aromatic carbocycles. The van der Waals surface area contributed by atoms with Gasteiger partial charge in [0.05, 0.1) is 0 Å². The summed E-state index contributed by atoms with van der Waals surface area (Å²) in [5.74, 6) is -4.07. The van der Waals surface area contributed by atoms with Crippen LogP contribution in [0.2, 0.25) is 0 Å². The average molecular weight is 192 g/mol. The molecule has 0 aliphatic carbocycles. The Labute approximate surface area is 64.8 Å². The van der Waals surface area contributed by atoms with E-state index in [1.165, 1.54) is 0 Å². The third-order valence-corrected chi connectivity index (χ3v) is 0.797. The normalized spacial score (nSPS) is 17.2. The van der Waals surface area contributed by atoms with Gasteiger partial charge in [0, 0.05) is 6.92 Å². The zero-order valence-electron chi connectivity index (χ0n) is 5.80. The van der Waals surface area contributed by atoms with Crippen LogP contribution in [-0.2, 0) is 9.69 Å². The largest absolute Gasteiger partial charge is 0.662 e. The molecule has 1 unspecified atom stereocenters. The maximum Gasteiger partial charge on any atom is 0.662 e. The summed E-state index contributed by atoms with van der Waals surface area (Å²) in [6.07, 6.45) is -5.30. The fourth-order valence-corrected chi connectivity index (χ4v) is 0.181. The minimum atomic E-state index is -5.30. The van der Waals surface area contributed by atoms with Crippen molar-refractivity contribution in [3.05, 3.63) is 0 Å². The lowest BCUT2D eigenvalue weighted by molar-refractivity contribution is -0.429. The molecular weight excluding hydrogens is 187 g/mol. The van der Waals surface area contributed by atoms with E-state index in [9.17, 15) is 17.6 Å². The van der Waals surface area contributed by atoms with Gasteiger partial charge < -0.3 is 10.0 Å². The van der Waals surface area contributed by atoms with Gasteiger partial charge in [0.1, 0.15) is 0 Å². The Balaban J connectivity index is 4.05.